The smallest absolute Gasteiger partial charge is 0.366 e. The van der Waals surface area contributed by atoms with Gasteiger partial charge in [0.05, 0.1) is 11.7 Å². The van der Waals surface area contributed by atoms with Crippen LogP contribution >= 0.6 is 0 Å². The highest BCUT2D eigenvalue weighted by molar-refractivity contribution is 5.97. The first-order valence-corrected chi connectivity index (χ1v) is 6.42. The Balaban J connectivity index is 2.22. The molecular weight excluding hydrogens is 314 g/mol. The maximum atomic E-state index is 14.2. The van der Waals surface area contributed by atoms with Gasteiger partial charge in [-0.05, 0) is 23.8 Å². The van der Waals surface area contributed by atoms with E-state index >= 15 is 0 Å². The van der Waals surface area contributed by atoms with Crippen molar-refractivity contribution in [2.24, 2.45) is 5.73 Å². The molecule has 0 spiro atoms. The van der Waals surface area contributed by atoms with Crippen LogP contribution in [0.1, 0.15) is 10.4 Å². The fraction of sp³-hybridized carbons (Fsp3) is 0.0667. The van der Waals surface area contributed by atoms with Crippen molar-refractivity contribution in [3.05, 3.63) is 54.0 Å². The van der Waals surface area contributed by atoms with Crippen molar-refractivity contribution in [1.29, 1.82) is 0 Å². The summed E-state index contributed by atoms with van der Waals surface area (Å²) in [6.45, 7) is 0. The minimum atomic E-state index is -4.67. The van der Waals surface area contributed by atoms with Crippen LogP contribution in [0.4, 0.5) is 17.6 Å². The van der Waals surface area contributed by atoms with Crippen molar-refractivity contribution in [3.8, 4) is 11.1 Å². The van der Waals surface area contributed by atoms with Crippen molar-refractivity contribution in [2.45, 2.75) is 6.30 Å². The molecular formula is C15H9F4N3O. The Hall–Kier alpha value is -2.90. The van der Waals surface area contributed by atoms with Gasteiger partial charge in [-0.1, -0.05) is 18.2 Å². The SMILES string of the molecule is NC(=O)c1ccc(-c2cccc3c2cnn3C(F)(F)F)c(F)c1. The number of carbonyl (C=O) groups is 1. The number of benzene rings is 2. The number of aromatic nitrogens is 2. The molecule has 0 aliphatic carbocycles. The monoisotopic (exact) mass is 323 g/mol. The van der Waals surface area contributed by atoms with Gasteiger partial charge in [-0.25, -0.2) is 4.39 Å². The number of amides is 1. The van der Waals surface area contributed by atoms with E-state index in [1.807, 2.05) is 0 Å². The zero-order chi connectivity index (χ0) is 16.8. The van der Waals surface area contributed by atoms with Crippen LogP contribution in [0.2, 0.25) is 0 Å². The first-order chi connectivity index (χ1) is 10.8. The average molecular weight is 323 g/mol. The maximum Gasteiger partial charge on any atom is 0.505 e. The van der Waals surface area contributed by atoms with Crippen LogP contribution in [0.15, 0.2) is 42.6 Å². The summed E-state index contributed by atoms with van der Waals surface area (Å²) >= 11 is 0. The molecule has 0 fully saturated rings. The van der Waals surface area contributed by atoms with Crippen molar-refractivity contribution < 1.29 is 22.4 Å². The summed E-state index contributed by atoms with van der Waals surface area (Å²) in [6.07, 6.45) is -3.64. The van der Waals surface area contributed by atoms with Crippen molar-refractivity contribution in [2.75, 3.05) is 0 Å². The number of primary amides is 1. The Morgan fingerprint density at radius 3 is 2.48 bits per heavy atom. The normalized spacial score (nSPS) is 11.8. The maximum absolute atomic E-state index is 14.2. The van der Waals surface area contributed by atoms with E-state index in [0.29, 0.717) is 0 Å². The van der Waals surface area contributed by atoms with Crippen LogP contribution in [0.3, 0.4) is 0 Å². The highest BCUT2D eigenvalue weighted by Gasteiger charge is 2.33. The number of rotatable bonds is 2. The molecule has 1 heterocycles. The second-order valence-corrected chi connectivity index (χ2v) is 4.82. The Kier molecular flexibility index (Phi) is 3.32. The lowest BCUT2D eigenvalue weighted by molar-refractivity contribution is -0.209. The number of nitrogens with zero attached hydrogens (tertiary/aromatic N) is 2. The van der Waals surface area contributed by atoms with Gasteiger partial charge in [0.15, 0.2) is 0 Å². The van der Waals surface area contributed by atoms with E-state index < -0.39 is 18.0 Å². The fourth-order valence-corrected chi connectivity index (χ4v) is 2.37. The third-order valence-electron chi connectivity index (χ3n) is 3.40. The largest absolute Gasteiger partial charge is 0.505 e. The highest BCUT2D eigenvalue weighted by atomic mass is 19.4. The lowest BCUT2D eigenvalue weighted by Gasteiger charge is -2.09. The van der Waals surface area contributed by atoms with E-state index in [1.165, 1.54) is 30.3 Å². The molecule has 1 aromatic heterocycles. The van der Waals surface area contributed by atoms with Crippen LogP contribution in [0, 0.1) is 5.82 Å². The number of hydrogen-bond donors (Lipinski definition) is 1. The van der Waals surface area contributed by atoms with E-state index in [1.54, 1.807) is 0 Å². The van der Waals surface area contributed by atoms with Gasteiger partial charge >= 0.3 is 6.30 Å². The second-order valence-electron chi connectivity index (χ2n) is 4.82. The molecule has 0 radical (unpaired) electrons. The van der Waals surface area contributed by atoms with E-state index in [-0.39, 0.29) is 32.3 Å². The third-order valence-corrected chi connectivity index (χ3v) is 3.40. The summed E-state index contributed by atoms with van der Waals surface area (Å²) in [5, 5.41) is 3.47. The quantitative estimate of drug-likeness (QED) is 0.735. The molecule has 0 aliphatic rings. The standard InChI is InChI=1S/C15H9F4N3O/c16-12-6-8(14(20)23)4-5-10(12)9-2-1-3-13-11(9)7-21-22(13)15(17,18)19/h1-7H,(H2,20,23). The van der Waals surface area contributed by atoms with E-state index in [4.69, 9.17) is 5.73 Å². The molecule has 0 unspecified atom stereocenters. The van der Waals surface area contributed by atoms with E-state index in [0.717, 1.165) is 12.3 Å². The van der Waals surface area contributed by atoms with Gasteiger partial charge in [-0.2, -0.15) is 9.78 Å². The molecule has 0 saturated heterocycles. The summed E-state index contributed by atoms with van der Waals surface area (Å²) in [4.78, 5) is 11.0. The zero-order valence-electron chi connectivity index (χ0n) is 11.4. The Labute approximate surface area is 127 Å². The van der Waals surface area contributed by atoms with Crippen molar-refractivity contribution >= 4 is 16.8 Å². The second kappa shape index (κ2) is 5.08. The molecule has 3 aromatic rings. The van der Waals surface area contributed by atoms with Gasteiger partial charge in [-0.15, -0.1) is 13.2 Å². The van der Waals surface area contributed by atoms with Crippen LogP contribution in [-0.4, -0.2) is 15.7 Å². The van der Waals surface area contributed by atoms with Gasteiger partial charge < -0.3 is 5.73 Å². The number of alkyl halides is 3. The van der Waals surface area contributed by atoms with E-state index in [2.05, 4.69) is 5.10 Å². The molecule has 0 atom stereocenters. The number of fused-ring (bicyclic) bond motifs is 1. The van der Waals surface area contributed by atoms with Crippen LogP contribution < -0.4 is 5.73 Å². The molecule has 1 amide bonds. The highest BCUT2D eigenvalue weighted by Crippen LogP contribution is 2.34. The predicted molar refractivity (Wildman–Crippen MR) is 74.9 cm³/mol. The topological polar surface area (TPSA) is 60.9 Å². The van der Waals surface area contributed by atoms with Crippen molar-refractivity contribution in [3.63, 3.8) is 0 Å². The molecule has 4 nitrogen and oxygen atoms in total. The van der Waals surface area contributed by atoms with Gasteiger partial charge in [0.1, 0.15) is 5.82 Å². The molecule has 0 saturated carbocycles. The Morgan fingerprint density at radius 2 is 1.87 bits per heavy atom. The molecule has 23 heavy (non-hydrogen) atoms. The summed E-state index contributed by atoms with van der Waals surface area (Å²) in [5.41, 5.74) is 5.16. The molecule has 0 bridgehead atoms. The number of hydrogen-bond acceptors (Lipinski definition) is 2. The number of halogens is 4. The van der Waals surface area contributed by atoms with Gasteiger partial charge in [0, 0.05) is 16.5 Å². The van der Waals surface area contributed by atoms with Gasteiger partial charge in [0.25, 0.3) is 0 Å². The van der Waals surface area contributed by atoms with Gasteiger partial charge in [-0.3, -0.25) is 4.79 Å². The van der Waals surface area contributed by atoms with E-state index in [9.17, 15) is 22.4 Å². The molecule has 8 heteroatoms. The van der Waals surface area contributed by atoms with Crippen molar-refractivity contribution in [1.82, 2.24) is 9.78 Å². The molecule has 118 valence electrons. The average Bonchev–Trinajstić information content (AvgIpc) is 2.91. The fourth-order valence-electron chi connectivity index (χ4n) is 2.37. The van der Waals surface area contributed by atoms with Crippen LogP contribution in [0.25, 0.3) is 22.0 Å². The van der Waals surface area contributed by atoms with Crippen LogP contribution in [-0.2, 0) is 6.30 Å². The summed E-state index contributed by atoms with van der Waals surface area (Å²) < 4.78 is 52.8. The first kappa shape index (κ1) is 15.0. The molecule has 2 N–H and O–H groups in total. The Bertz CT molecular complexity index is 915. The summed E-state index contributed by atoms with van der Waals surface area (Å²) in [5.74, 6) is -1.55. The molecule has 2 aromatic carbocycles. The zero-order valence-corrected chi connectivity index (χ0v) is 11.4. The Morgan fingerprint density at radius 1 is 1.13 bits per heavy atom. The minimum absolute atomic E-state index is 0.0237. The summed E-state index contributed by atoms with van der Waals surface area (Å²) in [6, 6.07) is 7.67. The number of carbonyl (C=O) groups excluding carboxylic acids is 1. The lowest BCUT2D eigenvalue weighted by atomic mass is 10.00. The summed E-state index contributed by atoms with van der Waals surface area (Å²) in [7, 11) is 0. The third kappa shape index (κ3) is 2.52. The van der Waals surface area contributed by atoms with Gasteiger partial charge in [0.2, 0.25) is 5.91 Å². The minimum Gasteiger partial charge on any atom is -0.366 e. The lowest BCUT2D eigenvalue weighted by Crippen LogP contribution is -2.17. The molecule has 0 aliphatic heterocycles. The first-order valence-electron chi connectivity index (χ1n) is 6.42. The predicted octanol–water partition coefficient (Wildman–Crippen LogP) is 3.42. The molecule has 3 rings (SSSR count). The van der Waals surface area contributed by atoms with Crippen LogP contribution in [0.5, 0.6) is 0 Å². The number of nitrogens with two attached hydrogens (primary N) is 1.